The van der Waals surface area contributed by atoms with E-state index in [9.17, 15) is 4.79 Å². The number of nitrogens with zero attached hydrogens (tertiary/aromatic N) is 2. The lowest BCUT2D eigenvalue weighted by Gasteiger charge is -2.36. The fraction of sp³-hybridized carbons (Fsp3) is 0.588. The first-order valence-electron chi connectivity index (χ1n) is 8.38. The van der Waals surface area contributed by atoms with Crippen molar-refractivity contribution in [2.24, 2.45) is 0 Å². The van der Waals surface area contributed by atoms with Gasteiger partial charge in [-0.05, 0) is 18.2 Å². The van der Waals surface area contributed by atoms with E-state index in [1.807, 2.05) is 18.2 Å². The Morgan fingerprint density at radius 1 is 1.15 bits per heavy atom. The summed E-state index contributed by atoms with van der Waals surface area (Å²) in [5, 5.41) is 6.75. The van der Waals surface area contributed by atoms with Crippen LogP contribution >= 0.6 is 48.8 Å². The van der Waals surface area contributed by atoms with Gasteiger partial charge >= 0.3 is 0 Å². The molecule has 27 heavy (non-hydrogen) atoms. The van der Waals surface area contributed by atoms with Crippen LogP contribution in [0.25, 0.3) is 0 Å². The summed E-state index contributed by atoms with van der Waals surface area (Å²) < 4.78 is 4.92. The topological polar surface area (TPSA) is 56.8 Å². The highest BCUT2D eigenvalue weighted by Crippen LogP contribution is 2.20. The van der Waals surface area contributed by atoms with E-state index in [1.54, 1.807) is 7.11 Å². The van der Waals surface area contributed by atoms with Gasteiger partial charge in [-0.2, -0.15) is 0 Å². The zero-order chi connectivity index (χ0) is 17.2. The lowest BCUT2D eigenvalue weighted by atomic mass is 10.2. The van der Waals surface area contributed by atoms with Crippen LogP contribution in [0.5, 0.6) is 0 Å². The van der Waals surface area contributed by atoms with Gasteiger partial charge in [0.05, 0.1) is 13.2 Å². The van der Waals surface area contributed by atoms with Crippen molar-refractivity contribution in [3.05, 3.63) is 29.3 Å². The molecule has 10 heteroatoms. The van der Waals surface area contributed by atoms with Crippen LogP contribution in [0.1, 0.15) is 0 Å². The Balaban J connectivity index is 0. The minimum atomic E-state index is 0. The molecular formula is C17H30Cl4N4O2. The third kappa shape index (κ3) is 11.2. The van der Waals surface area contributed by atoms with E-state index < -0.39 is 0 Å². The quantitative estimate of drug-likeness (QED) is 0.549. The monoisotopic (exact) mass is 462 g/mol. The summed E-state index contributed by atoms with van der Waals surface area (Å²) in [6.45, 7) is 7.16. The summed E-state index contributed by atoms with van der Waals surface area (Å²) in [5.41, 5.74) is 1.18. The van der Waals surface area contributed by atoms with Crippen LogP contribution < -0.4 is 15.5 Å². The van der Waals surface area contributed by atoms with Gasteiger partial charge in [-0.15, -0.1) is 37.2 Å². The number of ether oxygens (including phenoxy) is 1. The second-order valence-electron chi connectivity index (χ2n) is 5.83. The van der Waals surface area contributed by atoms with Crippen molar-refractivity contribution in [3.8, 4) is 0 Å². The smallest absolute Gasteiger partial charge is 0.234 e. The number of piperazine rings is 1. The van der Waals surface area contributed by atoms with Crippen LogP contribution in [0.3, 0.4) is 0 Å². The number of carbonyl (C=O) groups is 1. The van der Waals surface area contributed by atoms with Crippen LogP contribution in [0.4, 0.5) is 5.69 Å². The summed E-state index contributed by atoms with van der Waals surface area (Å²) in [6, 6.07) is 7.99. The molecule has 0 bridgehead atoms. The zero-order valence-corrected chi connectivity index (χ0v) is 18.7. The molecule has 1 fully saturated rings. The summed E-state index contributed by atoms with van der Waals surface area (Å²) >= 11 is 6.06. The molecular weight excluding hydrogens is 434 g/mol. The number of hydrogen-bond donors (Lipinski definition) is 2. The van der Waals surface area contributed by atoms with E-state index in [4.69, 9.17) is 16.3 Å². The van der Waals surface area contributed by atoms with Crippen molar-refractivity contribution in [1.29, 1.82) is 0 Å². The molecule has 2 rings (SSSR count). The standard InChI is InChI=1S/C17H27ClN4O2.3ClH/c1-24-12-6-19-14-17(23)20-5-7-21-8-10-22(11-9-21)16-4-2-3-15(18)13-16;;;/h2-4,13,19H,5-12,14H2,1H3,(H,20,23);3*1H. The Morgan fingerprint density at radius 3 is 2.48 bits per heavy atom. The van der Waals surface area contributed by atoms with E-state index >= 15 is 0 Å². The predicted octanol–water partition coefficient (Wildman–Crippen LogP) is 2.08. The number of hydrogen-bond acceptors (Lipinski definition) is 5. The van der Waals surface area contributed by atoms with Crippen molar-refractivity contribution in [2.45, 2.75) is 0 Å². The number of rotatable bonds is 9. The van der Waals surface area contributed by atoms with Gasteiger partial charge in [0.1, 0.15) is 0 Å². The van der Waals surface area contributed by atoms with Crippen molar-refractivity contribution in [1.82, 2.24) is 15.5 Å². The predicted molar refractivity (Wildman–Crippen MR) is 120 cm³/mol. The number of nitrogens with one attached hydrogen (secondary N) is 2. The fourth-order valence-electron chi connectivity index (χ4n) is 2.69. The van der Waals surface area contributed by atoms with Crippen LogP contribution in [0.15, 0.2) is 24.3 Å². The van der Waals surface area contributed by atoms with E-state index in [1.165, 1.54) is 5.69 Å². The van der Waals surface area contributed by atoms with E-state index in [0.717, 1.165) is 37.7 Å². The van der Waals surface area contributed by atoms with Gasteiger partial charge < -0.3 is 20.3 Å². The Labute approximate surface area is 185 Å². The molecule has 0 unspecified atom stereocenters. The molecule has 0 aliphatic carbocycles. The number of carbonyl (C=O) groups excluding carboxylic acids is 1. The van der Waals surface area contributed by atoms with Gasteiger partial charge in [0.15, 0.2) is 0 Å². The maximum absolute atomic E-state index is 11.7. The Morgan fingerprint density at radius 2 is 1.85 bits per heavy atom. The second-order valence-corrected chi connectivity index (χ2v) is 6.26. The summed E-state index contributed by atoms with van der Waals surface area (Å²) in [4.78, 5) is 16.4. The SMILES string of the molecule is COCCNCC(=O)NCCN1CCN(c2cccc(Cl)c2)CC1.Cl.Cl.Cl. The van der Waals surface area contributed by atoms with Gasteiger partial charge in [-0.25, -0.2) is 0 Å². The molecule has 0 aromatic heterocycles. The zero-order valence-electron chi connectivity index (χ0n) is 15.5. The third-order valence-corrected chi connectivity index (χ3v) is 4.30. The van der Waals surface area contributed by atoms with Crippen molar-refractivity contribution in [3.63, 3.8) is 0 Å². The Hall–Kier alpha value is -0.470. The Bertz CT molecular complexity index is 517. The number of methoxy groups -OCH3 is 1. The average Bonchev–Trinajstić information content (AvgIpc) is 2.59. The largest absolute Gasteiger partial charge is 0.383 e. The van der Waals surface area contributed by atoms with Gasteiger partial charge in [0.25, 0.3) is 0 Å². The average molecular weight is 464 g/mol. The lowest BCUT2D eigenvalue weighted by Crippen LogP contribution is -2.49. The number of benzene rings is 1. The lowest BCUT2D eigenvalue weighted by molar-refractivity contribution is -0.120. The molecule has 1 amide bonds. The first-order chi connectivity index (χ1) is 11.7. The van der Waals surface area contributed by atoms with E-state index in [-0.39, 0.29) is 43.1 Å². The summed E-state index contributed by atoms with van der Waals surface area (Å²) in [5.74, 6) is 0.0312. The van der Waals surface area contributed by atoms with Crippen molar-refractivity contribution < 1.29 is 9.53 Å². The summed E-state index contributed by atoms with van der Waals surface area (Å²) in [6.07, 6.45) is 0. The highest BCUT2D eigenvalue weighted by Gasteiger charge is 2.17. The highest BCUT2D eigenvalue weighted by molar-refractivity contribution is 6.30. The van der Waals surface area contributed by atoms with Crippen LogP contribution in [-0.4, -0.2) is 76.9 Å². The molecule has 0 saturated carbocycles. The third-order valence-electron chi connectivity index (χ3n) is 4.06. The minimum Gasteiger partial charge on any atom is -0.383 e. The summed E-state index contributed by atoms with van der Waals surface area (Å²) in [7, 11) is 1.65. The second kappa shape index (κ2) is 16.5. The van der Waals surface area contributed by atoms with Gasteiger partial charge in [0.2, 0.25) is 5.91 Å². The fourth-order valence-corrected chi connectivity index (χ4v) is 2.88. The molecule has 158 valence electrons. The highest BCUT2D eigenvalue weighted by atomic mass is 35.5. The van der Waals surface area contributed by atoms with Gasteiger partial charge in [-0.3, -0.25) is 9.69 Å². The van der Waals surface area contributed by atoms with Crippen LogP contribution in [-0.2, 0) is 9.53 Å². The molecule has 1 aromatic carbocycles. The molecule has 0 radical (unpaired) electrons. The first kappa shape index (κ1) is 28.7. The Kier molecular flexibility index (Phi) is 17.5. The molecule has 1 aliphatic heterocycles. The number of amides is 1. The normalized spacial score (nSPS) is 13.8. The van der Waals surface area contributed by atoms with Crippen molar-refractivity contribution in [2.75, 3.05) is 71.0 Å². The van der Waals surface area contributed by atoms with E-state index in [2.05, 4.69) is 26.5 Å². The maximum Gasteiger partial charge on any atom is 0.234 e. The molecule has 6 nitrogen and oxygen atoms in total. The first-order valence-corrected chi connectivity index (χ1v) is 8.76. The molecule has 1 heterocycles. The molecule has 2 N–H and O–H groups in total. The van der Waals surface area contributed by atoms with Gasteiger partial charge in [-0.1, -0.05) is 17.7 Å². The van der Waals surface area contributed by atoms with E-state index in [0.29, 0.717) is 26.2 Å². The molecule has 1 aromatic rings. The molecule has 0 atom stereocenters. The van der Waals surface area contributed by atoms with Crippen LogP contribution in [0.2, 0.25) is 5.02 Å². The minimum absolute atomic E-state index is 0. The molecule has 1 saturated heterocycles. The number of halogens is 4. The molecule has 1 aliphatic rings. The molecule has 0 spiro atoms. The van der Waals surface area contributed by atoms with Gasteiger partial charge in [0, 0.05) is 63.6 Å². The number of anilines is 1. The van der Waals surface area contributed by atoms with Crippen LogP contribution in [0, 0.1) is 0 Å². The van der Waals surface area contributed by atoms with Crippen molar-refractivity contribution >= 4 is 60.4 Å². The maximum atomic E-state index is 11.7.